The Morgan fingerprint density at radius 1 is 1.50 bits per heavy atom. The molecule has 0 spiro atoms. The monoisotopic (exact) mass is 362 g/mol. The second-order valence-electron chi connectivity index (χ2n) is 7.28. The van der Waals surface area contributed by atoms with Crippen molar-refractivity contribution in [3.05, 3.63) is 28.3 Å². The molecule has 1 aromatic heterocycles. The number of non-ortho nitro benzene ring substituents is 1. The number of oxazole rings is 1. The van der Waals surface area contributed by atoms with E-state index in [1.54, 1.807) is 4.90 Å². The van der Waals surface area contributed by atoms with Gasteiger partial charge in [0.2, 0.25) is 0 Å². The Hall–Kier alpha value is -2.84. The summed E-state index contributed by atoms with van der Waals surface area (Å²) in [5, 5.41) is 13.9. The maximum Gasteiger partial charge on any atom is 0.410 e. The van der Waals surface area contributed by atoms with Crippen LogP contribution in [0.5, 0.6) is 0 Å². The lowest BCUT2D eigenvalue weighted by Crippen LogP contribution is -2.42. The highest BCUT2D eigenvalue weighted by atomic mass is 16.6. The number of hydrogen-bond acceptors (Lipinski definition) is 7. The summed E-state index contributed by atoms with van der Waals surface area (Å²) in [4.78, 5) is 28.6. The van der Waals surface area contributed by atoms with Crippen LogP contribution >= 0.6 is 0 Å². The second kappa shape index (κ2) is 6.81. The number of nitro benzene ring substituents is 1. The molecule has 1 aromatic carbocycles. The zero-order chi connectivity index (χ0) is 18.9. The van der Waals surface area contributed by atoms with Gasteiger partial charge in [-0.25, -0.2) is 4.79 Å². The van der Waals surface area contributed by atoms with Gasteiger partial charge in [-0.05, 0) is 39.7 Å². The first-order chi connectivity index (χ1) is 12.2. The average Bonchev–Trinajstić information content (AvgIpc) is 3.16. The SMILES string of the molecule is CC(C)(C)OC(=O)N1CCC[C@@H]1CNc1nc2cc([N+](=O)[O-])ccc2o1. The summed E-state index contributed by atoms with van der Waals surface area (Å²) in [5.74, 6) is 0. The minimum Gasteiger partial charge on any atom is -0.444 e. The number of anilines is 1. The lowest BCUT2D eigenvalue weighted by atomic mass is 10.2. The van der Waals surface area contributed by atoms with Crippen molar-refractivity contribution in [2.75, 3.05) is 18.4 Å². The molecule has 9 nitrogen and oxygen atoms in total. The molecule has 0 saturated carbocycles. The molecular weight excluding hydrogens is 340 g/mol. The zero-order valence-corrected chi connectivity index (χ0v) is 15.0. The van der Waals surface area contributed by atoms with Crippen molar-refractivity contribution in [1.29, 1.82) is 0 Å². The largest absolute Gasteiger partial charge is 0.444 e. The van der Waals surface area contributed by atoms with Crippen molar-refractivity contribution < 1.29 is 18.9 Å². The summed E-state index contributed by atoms with van der Waals surface area (Å²) in [6.45, 7) is 6.64. The molecule has 0 unspecified atom stereocenters. The summed E-state index contributed by atoms with van der Waals surface area (Å²) in [5.41, 5.74) is 0.307. The van der Waals surface area contributed by atoms with Gasteiger partial charge in [0.1, 0.15) is 11.1 Å². The summed E-state index contributed by atoms with van der Waals surface area (Å²) >= 11 is 0. The van der Waals surface area contributed by atoms with Gasteiger partial charge < -0.3 is 19.4 Å². The molecule has 1 fully saturated rings. The van der Waals surface area contributed by atoms with Crippen molar-refractivity contribution in [2.45, 2.75) is 45.3 Å². The van der Waals surface area contributed by atoms with Crippen molar-refractivity contribution in [2.24, 2.45) is 0 Å². The van der Waals surface area contributed by atoms with Gasteiger partial charge in [-0.3, -0.25) is 10.1 Å². The van der Waals surface area contributed by atoms with E-state index in [1.807, 2.05) is 20.8 Å². The topological polar surface area (TPSA) is 111 Å². The first-order valence-corrected chi connectivity index (χ1v) is 8.51. The number of fused-ring (bicyclic) bond motifs is 1. The first-order valence-electron chi connectivity index (χ1n) is 8.51. The van der Waals surface area contributed by atoms with Gasteiger partial charge in [0.15, 0.2) is 5.58 Å². The average molecular weight is 362 g/mol. The van der Waals surface area contributed by atoms with Gasteiger partial charge in [0.25, 0.3) is 11.7 Å². The van der Waals surface area contributed by atoms with Gasteiger partial charge in [-0.15, -0.1) is 0 Å². The van der Waals surface area contributed by atoms with E-state index in [1.165, 1.54) is 18.2 Å². The van der Waals surface area contributed by atoms with E-state index in [-0.39, 0.29) is 23.8 Å². The smallest absolute Gasteiger partial charge is 0.410 e. The van der Waals surface area contributed by atoms with Gasteiger partial charge in [0, 0.05) is 25.2 Å². The Morgan fingerprint density at radius 3 is 2.96 bits per heavy atom. The summed E-state index contributed by atoms with van der Waals surface area (Å²) in [6.07, 6.45) is 1.44. The van der Waals surface area contributed by atoms with Crippen LogP contribution in [0.3, 0.4) is 0 Å². The van der Waals surface area contributed by atoms with Crippen molar-refractivity contribution >= 4 is 28.9 Å². The number of amides is 1. The van der Waals surface area contributed by atoms with Crippen LogP contribution in [0.1, 0.15) is 33.6 Å². The Bertz CT molecular complexity index is 826. The van der Waals surface area contributed by atoms with E-state index in [0.717, 1.165) is 12.8 Å². The molecule has 26 heavy (non-hydrogen) atoms. The van der Waals surface area contributed by atoms with E-state index in [0.29, 0.717) is 24.2 Å². The summed E-state index contributed by atoms with van der Waals surface area (Å²) in [6, 6.07) is 4.52. The maximum absolute atomic E-state index is 12.3. The predicted molar refractivity (Wildman–Crippen MR) is 95.1 cm³/mol. The lowest BCUT2D eigenvalue weighted by molar-refractivity contribution is -0.384. The van der Waals surface area contributed by atoms with E-state index < -0.39 is 10.5 Å². The van der Waals surface area contributed by atoms with E-state index in [2.05, 4.69) is 10.3 Å². The number of carbonyl (C=O) groups excluding carboxylic acids is 1. The second-order valence-corrected chi connectivity index (χ2v) is 7.28. The molecule has 0 aliphatic carbocycles. The maximum atomic E-state index is 12.3. The Balaban J connectivity index is 1.65. The van der Waals surface area contributed by atoms with Crippen molar-refractivity contribution in [1.82, 2.24) is 9.88 Å². The number of nitro groups is 1. The van der Waals surface area contributed by atoms with E-state index in [4.69, 9.17) is 9.15 Å². The lowest BCUT2D eigenvalue weighted by Gasteiger charge is -2.28. The molecule has 140 valence electrons. The number of carbonyl (C=O) groups is 1. The molecule has 0 radical (unpaired) electrons. The van der Waals surface area contributed by atoms with Crippen LogP contribution in [-0.4, -0.2) is 45.6 Å². The van der Waals surface area contributed by atoms with E-state index >= 15 is 0 Å². The summed E-state index contributed by atoms with van der Waals surface area (Å²) < 4.78 is 11.0. The fourth-order valence-corrected chi connectivity index (χ4v) is 2.92. The molecule has 1 N–H and O–H groups in total. The highest BCUT2D eigenvalue weighted by Gasteiger charge is 2.32. The molecule has 1 saturated heterocycles. The van der Waals surface area contributed by atoms with Crippen LogP contribution in [-0.2, 0) is 4.74 Å². The standard InChI is InChI=1S/C17H22N4O5/c1-17(2,3)26-16(22)20-8-4-5-12(20)10-18-15-19-13-9-11(21(23)24)6-7-14(13)25-15/h6-7,9,12H,4-5,8,10H2,1-3H3,(H,18,19)/t12-/m1/s1. The molecule has 2 heterocycles. The zero-order valence-electron chi connectivity index (χ0n) is 15.0. The van der Waals surface area contributed by atoms with Crippen LogP contribution in [0.2, 0.25) is 0 Å². The van der Waals surface area contributed by atoms with E-state index in [9.17, 15) is 14.9 Å². The molecule has 3 rings (SSSR count). The first kappa shape index (κ1) is 18.0. The quantitative estimate of drug-likeness (QED) is 0.654. The minimum absolute atomic E-state index is 0.0193. The normalized spacial score (nSPS) is 17.5. The third-order valence-electron chi connectivity index (χ3n) is 4.08. The molecular formula is C17H22N4O5. The molecule has 2 aromatic rings. The van der Waals surface area contributed by atoms with Gasteiger partial charge in [-0.2, -0.15) is 4.98 Å². The fourth-order valence-electron chi connectivity index (χ4n) is 2.92. The van der Waals surface area contributed by atoms with Gasteiger partial charge in [0.05, 0.1) is 11.0 Å². The van der Waals surface area contributed by atoms with Crippen LogP contribution in [0.25, 0.3) is 11.1 Å². The number of nitrogens with one attached hydrogen (secondary N) is 1. The van der Waals surface area contributed by atoms with Crippen molar-refractivity contribution in [3.8, 4) is 0 Å². The third kappa shape index (κ3) is 4.04. The molecule has 1 aliphatic heterocycles. The molecule has 9 heteroatoms. The molecule has 1 amide bonds. The Kier molecular flexibility index (Phi) is 4.71. The number of benzene rings is 1. The van der Waals surface area contributed by atoms with Gasteiger partial charge in [-0.1, -0.05) is 0 Å². The Morgan fingerprint density at radius 2 is 2.27 bits per heavy atom. The number of aromatic nitrogens is 1. The minimum atomic E-state index is -0.535. The highest BCUT2D eigenvalue weighted by Crippen LogP contribution is 2.25. The van der Waals surface area contributed by atoms with Crippen LogP contribution in [0.4, 0.5) is 16.5 Å². The molecule has 0 bridgehead atoms. The third-order valence-corrected chi connectivity index (χ3v) is 4.08. The number of rotatable bonds is 4. The molecule has 1 atom stereocenters. The predicted octanol–water partition coefficient (Wildman–Crippen LogP) is 3.55. The van der Waals surface area contributed by atoms with Gasteiger partial charge >= 0.3 is 6.09 Å². The number of nitrogens with zero attached hydrogens (tertiary/aromatic N) is 3. The molecule has 1 aliphatic rings. The summed E-state index contributed by atoms with van der Waals surface area (Å²) in [7, 11) is 0. The van der Waals surface area contributed by atoms with Crippen LogP contribution in [0.15, 0.2) is 22.6 Å². The number of ether oxygens (including phenoxy) is 1. The Labute approximate surface area is 150 Å². The van der Waals surface area contributed by atoms with Crippen LogP contribution in [0, 0.1) is 10.1 Å². The van der Waals surface area contributed by atoms with Crippen molar-refractivity contribution in [3.63, 3.8) is 0 Å². The van der Waals surface area contributed by atoms with Crippen LogP contribution < -0.4 is 5.32 Å². The fraction of sp³-hybridized carbons (Fsp3) is 0.529. The number of likely N-dealkylation sites (tertiary alicyclic amines) is 1. The highest BCUT2D eigenvalue weighted by molar-refractivity contribution is 5.77. The number of hydrogen-bond donors (Lipinski definition) is 1.